The number of rotatable bonds is 5. The average Bonchev–Trinajstić information content (AvgIpc) is 2.71. The van der Waals surface area contributed by atoms with Crippen molar-refractivity contribution in [1.82, 2.24) is 9.80 Å². The second kappa shape index (κ2) is 7.46. The molecule has 0 spiro atoms. The Morgan fingerprint density at radius 2 is 2.05 bits per heavy atom. The molecule has 1 amide bonds. The Hall–Kier alpha value is -0.550. The molecule has 2 saturated heterocycles. The first-order valence-corrected chi connectivity index (χ1v) is 8.63. The van der Waals surface area contributed by atoms with Crippen molar-refractivity contribution in [1.29, 1.82) is 0 Å². The molecule has 0 aromatic carbocycles. The summed E-state index contributed by atoms with van der Waals surface area (Å²) in [5.74, 6) is 0.882. The van der Waals surface area contributed by atoms with Crippen molar-refractivity contribution in [2.24, 2.45) is 5.92 Å². The van der Waals surface area contributed by atoms with E-state index in [1.807, 2.05) is 4.90 Å². The molecule has 5 heteroatoms. The molecule has 0 radical (unpaired) electrons. The Balaban J connectivity index is 1.74. The Morgan fingerprint density at radius 1 is 1.35 bits per heavy atom. The maximum Gasteiger partial charge on any atom is 0.223 e. The third kappa shape index (κ3) is 4.48. The lowest BCUT2D eigenvalue weighted by Gasteiger charge is -2.33. The standard InChI is InChI=1S/C15H26N2O2S/c1-3-6-16-7-4-13(5-8-16)10-17-11-14(9-15(17)19)20-12(2)18/h13-14H,3-11H2,1-2H3. The fraction of sp³-hybridized carbons (Fsp3) is 0.867. The van der Waals surface area contributed by atoms with Crippen molar-refractivity contribution in [3.05, 3.63) is 0 Å². The third-order valence-corrected chi connectivity index (χ3v) is 5.22. The van der Waals surface area contributed by atoms with Crippen LogP contribution >= 0.6 is 11.8 Å². The molecule has 1 unspecified atom stereocenters. The molecule has 2 heterocycles. The summed E-state index contributed by atoms with van der Waals surface area (Å²) in [7, 11) is 0. The van der Waals surface area contributed by atoms with Gasteiger partial charge in [-0.15, -0.1) is 0 Å². The van der Waals surface area contributed by atoms with Gasteiger partial charge in [-0.05, 0) is 44.8 Å². The molecular weight excluding hydrogens is 272 g/mol. The van der Waals surface area contributed by atoms with E-state index in [-0.39, 0.29) is 16.3 Å². The Morgan fingerprint density at radius 3 is 2.65 bits per heavy atom. The van der Waals surface area contributed by atoms with E-state index in [0.29, 0.717) is 12.3 Å². The van der Waals surface area contributed by atoms with Gasteiger partial charge in [-0.25, -0.2) is 0 Å². The SMILES string of the molecule is CCCN1CCC(CN2CC(SC(C)=O)CC2=O)CC1. The molecule has 0 aromatic rings. The van der Waals surface area contributed by atoms with Crippen LogP contribution in [0, 0.1) is 5.92 Å². The molecule has 0 aromatic heterocycles. The normalized spacial score (nSPS) is 25.4. The summed E-state index contributed by atoms with van der Waals surface area (Å²) in [6.45, 7) is 9.01. The van der Waals surface area contributed by atoms with Crippen LogP contribution in [-0.4, -0.2) is 58.8 Å². The maximum absolute atomic E-state index is 12.0. The third-order valence-electron chi connectivity index (χ3n) is 4.24. The highest BCUT2D eigenvalue weighted by Crippen LogP contribution is 2.27. The maximum atomic E-state index is 12.0. The van der Waals surface area contributed by atoms with Gasteiger partial charge in [0.15, 0.2) is 5.12 Å². The van der Waals surface area contributed by atoms with E-state index in [4.69, 9.17) is 0 Å². The molecule has 4 nitrogen and oxygen atoms in total. The lowest BCUT2D eigenvalue weighted by molar-refractivity contribution is -0.128. The van der Waals surface area contributed by atoms with Crippen LogP contribution < -0.4 is 0 Å². The van der Waals surface area contributed by atoms with Gasteiger partial charge in [0.05, 0.1) is 0 Å². The van der Waals surface area contributed by atoms with Gasteiger partial charge in [0, 0.05) is 31.7 Å². The van der Waals surface area contributed by atoms with Crippen LogP contribution in [0.15, 0.2) is 0 Å². The van der Waals surface area contributed by atoms with Crippen LogP contribution in [0.25, 0.3) is 0 Å². The highest BCUT2D eigenvalue weighted by atomic mass is 32.2. The number of likely N-dealkylation sites (tertiary alicyclic amines) is 2. The summed E-state index contributed by atoms with van der Waals surface area (Å²) in [5.41, 5.74) is 0. The predicted molar refractivity (Wildman–Crippen MR) is 82.7 cm³/mol. The summed E-state index contributed by atoms with van der Waals surface area (Å²) < 4.78 is 0. The summed E-state index contributed by atoms with van der Waals surface area (Å²) >= 11 is 1.33. The average molecular weight is 298 g/mol. The number of hydrogen-bond donors (Lipinski definition) is 0. The van der Waals surface area contributed by atoms with Crippen molar-refractivity contribution < 1.29 is 9.59 Å². The van der Waals surface area contributed by atoms with Crippen molar-refractivity contribution in [2.45, 2.75) is 44.8 Å². The van der Waals surface area contributed by atoms with Crippen LogP contribution in [0.1, 0.15) is 39.5 Å². The van der Waals surface area contributed by atoms with E-state index < -0.39 is 0 Å². The van der Waals surface area contributed by atoms with E-state index in [9.17, 15) is 9.59 Å². The van der Waals surface area contributed by atoms with E-state index in [1.54, 1.807) is 6.92 Å². The molecule has 0 bridgehead atoms. The van der Waals surface area contributed by atoms with Crippen LogP contribution in [0.5, 0.6) is 0 Å². The van der Waals surface area contributed by atoms with E-state index in [0.717, 1.165) is 13.1 Å². The molecular formula is C15H26N2O2S. The molecule has 114 valence electrons. The predicted octanol–water partition coefficient (Wildman–Crippen LogP) is 1.99. The first-order chi connectivity index (χ1) is 9.58. The first-order valence-electron chi connectivity index (χ1n) is 7.75. The van der Waals surface area contributed by atoms with Crippen LogP contribution in [0.4, 0.5) is 0 Å². The second-order valence-corrected chi connectivity index (χ2v) is 7.50. The summed E-state index contributed by atoms with van der Waals surface area (Å²) in [6.07, 6.45) is 4.17. The fourth-order valence-electron chi connectivity index (χ4n) is 3.25. The number of nitrogens with zero attached hydrogens (tertiary/aromatic N) is 2. The summed E-state index contributed by atoms with van der Waals surface area (Å²) in [6, 6.07) is 0. The Kier molecular flexibility index (Phi) is 5.90. The number of piperidine rings is 1. The Bertz CT molecular complexity index is 354. The minimum absolute atomic E-state index is 0.123. The van der Waals surface area contributed by atoms with E-state index in [2.05, 4.69) is 11.8 Å². The number of thioether (sulfide) groups is 1. The topological polar surface area (TPSA) is 40.6 Å². The lowest BCUT2D eigenvalue weighted by atomic mass is 9.96. The van der Waals surface area contributed by atoms with Crippen LogP contribution in [-0.2, 0) is 9.59 Å². The summed E-state index contributed by atoms with van der Waals surface area (Å²) in [4.78, 5) is 27.6. The van der Waals surface area contributed by atoms with Crippen molar-refractivity contribution in [3.63, 3.8) is 0 Å². The van der Waals surface area contributed by atoms with Gasteiger partial charge in [0.1, 0.15) is 0 Å². The molecule has 2 aliphatic rings. The highest BCUT2D eigenvalue weighted by Gasteiger charge is 2.32. The Labute approximate surface area is 126 Å². The molecule has 0 saturated carbocycles. The van der Waals surface area contributed by atoms with E-state index >= 15 is 0 Å². The molecule has 20 heavy (non-hydrogen) atoms. The van der Waals surface area contributed by atoms with Gasteiger partial charge in [0.25, 0.3) is 0 Å². The highest BCUT2D eigenvalue weighted by molar-refractivity contribution is 8.14. The molecule has 0 N–H and O–H groups in total. The van der Waals surface area contributed by atoms with Gasteiger partial charge in [-0.3, -0.25) is 9.59 Å². The number of hydrogen-bond acceptors (Lipinski definition) is 4. The van der Waals surface area contributed by atoms with Gasteiger partial charge < -0.3 is 9.80 Å². The smallest absolute Gasteiger partial charge is 0.223 e. The summed E-state index contributed by atoms with van der Waals surface area (Å²) in [5, 5.41) is 0.303. The zero-order chi connectivity index (χ0) is 14.5. The van der Waals surface area contributed by atoms with Gasteiger partial charge in [-0.1, -0.05) is 18.7 Å². The monoisotopic (exact) mass is 298 g/mol. The molecule has 2 rings (SSSR count). The second-order valence-electron chi connectivity index (χ2n) is 6.02. The van der Waals surface area contributed by atoms with Crippen molar-refractivity contribution >= 4 is 22.8 Å². The minimum Gasteiger partial charge on any atom is -0.341 e. The quantitative estimate of drug-likeness (QED) is 0.778. The zero-order valence-corrected chi connectivity index (χ0v) is 13.5. The molecule has 1 atom stereocenters. The van der Waals surface area contributed by atoms with Gasteiger partial charge >= 0.3 is 0 Å². The molecule has 0 aliphatic carbocycles. The molecule has 2 aliphatic heterocycles. The number of carbonyl (C=O) groups excluding carboxylic acids is 2. The number of amides is 1. The van der Waals surface area contributed by atoms with Gasteiger partial charge in [-0.2, -0.15) is 0 Å². The lowest BCUT2D eigenvalue weighted by Crippen LogP contribution is -2.39. The van der Waals surface area contributed by atoms with E-state index in [1.165, 1.54) is 50.7 Å². The molecule has 2 fully saturated rings. The van der Waals surface area contributed by atoms with Crippen LogP contribution in [0.2, 0.25) is 0 Å². The van der Waals surface area contributed by atoms with Gasteiger partial charge in [0.2, 0.25) is 5.91 Å². The first kappa shape index (κ1) is 15.8. The van der Waals surface area contributed by atoms with Crippen molar-refractivity contribution in [2.75, 3.05) is 32.7 Å². The minimum atomic E-state index is 0.123. The van der Waals surface area contributed by atoms with Crippen LogP contribution in [0.3, 0.4) is 0 Å². The zero-order valence-electron chi connectivity index (χ0n) is 12.6. The fourth-order valence-corrected chi connectivity index (χ4v) is 4.20. The van der Waals surface area contributed by atoms with Crippen molar-refractivity contribution in [3.8, 4) is 0 Å². The number of carbonyl (C=O) groups is 2. The largest absolute Gasteiger partial charge is 0.341 e.